The minimum atomic E-state index is -0.613. The molecule has 33 heavy (non-hydrogen) atoms. The lowest BCUT2D eigenvalue weighted by molar-refractivity contribution is -0.138. The van der Waals surface area contributed by atoms with E-state index in [9.17, 15) is 9.59 Å². The van der Waals surface area contributed by atoms with Gasteiger partial charge in [-0.15, -0.1) is 11.8 Å². The number of nitrogens with one attached hydrogen (secondary N) is 1. The lowest BCUT2D eigenvalue weighted by Gasteiger charge is -2.30. The van der Waals surface area contributed by atoms with Crippen LogP contribution in [0.25, 0.3) is 0 Å². The Morgan fingerprint density at radius 1 is 0.970 bits per heavy atom. The predicted octanol–water partition coefficient (Wildman–Crippen LogP) is 7.01. The van der Waals surface area contributed by atoms with Crippen molar-refractivity contribution in [3.05, 3.63) is 67.6 Å². The van der Waals surface area contributed by atoms with Gasteiger partial charge in [0, 0.05) is 18.3 Å². The summed E-state index contributed by atoms with van der Waals surface area (Å²) in [6.07, 6.45) is 4.21. The van der Waals surface area contributed by atoms with Crippen molar-refractivity contribution in [3.63, 3.8) is 0 Å². The summed E-state index contributed by atoms with van der Waals surface area (Å²) in [5.74, 6) is 0.569. The standard InChI is InChI=1S/C24H26Cl4N2O2S/c1-15(24(32)29-18-4-2-3-5-18)30(12-16-6-8-19(25)21(27)10-16)23(31)14-33-13-17-7-9-20(26)22(28)11-17/h6-11,15,18H,2-5,12-14H2,1H3,(H,29,32)/t15-/m0/s1. The van der Waals surface area contributed by atoms with E-state index in [0.717, 1.165) is 36.8 Å². The van der Waals surface area contributed by atoms with E-state index in [-0.39, 0.29) is 30.2 Å². The SMILES string of the molecule is C[C@@H](C(=O)NC1CCCC1)N(Cc1ccc(Cl)c(Cl)c1)C(=O)CSCc1ccc(Cl)c(Cl)c1. The van der Waals surface area contributed by atoms with E-state index in [1.54, 1.807) is 36.1 Å². The molecule has 3 rings (SSSR count). The quantitative estimate of drug-likeness (QED) is 0.367. The van der Waals surface area contributed by atoms with Gasteiger partial charge in [0.1, 0.15) is 6.04 Å². The van der Waals surface area contributed by atoms with Gasteiger partial charge in [-0.05, 0) is 55.2 Å². The van der Waals surface area contributed by atoms with Crippen molar-refractivity contribution in [2.45, 2.75) is 57.0 Å². The molecule has 0 radical (unpaired) electrons. The molecule has 2 aromatic rings. The van der Waals surface area contributed by atoms with E-state index >= 15 is 0 Å². The van der Waals surface area contributed by atoms with Gasteiger partial charge in [-0.1, -0.05) is 71.4 Å². The van der Waals surface area contributed by atoms with E-state index in [0.29, 0.717) is 25.8 Å². The molecule has 4 nitrogen and oxygen atoms in total. The molecule has 178 valence electrons. The van der Waals surface area contributed by atoms with Crippen LogP contribution in [0.3, 0.4) is 0 Å². The minimum absolute atomic E-state index is 0.125. The second-order valence-electron chi connectivity index (χ2n) is 8.18. The van der Waals surface area contributed by atoms with Crippen LogP contribution in [-0.4, -0.2) is 34.6 Å². The van der Waals surface area contributed by atoms with E-state index in [4.69, 9.17) is 46.4 Å². The van der Waals surface area contributed by atoms with Gasteiger partial charge < -0.3 is 10.2 Å². The monoisotopic (exact) mass is 546 g/mol. The summed E-state index contributed by atoms with van der Waals surface area (Å²) in [5.41, 5.74) is 1.79. The highest BCUT2D eigenvalue weighted by Crippen LogP contribution is 2.26. The van der Waals surface area contributed by atoms with Gasteiger partial charge in [0.15, 0.2) is 0 Å². The lowest BCUT2D eigenvalue weighted by Crippen LogP contribution is -2.50. The van der Waals surface area contributed by atoms with Crippen molar-refractivity contribution in [3.8, 4) is 0 Å². The van der Waals surface area contributed by atoms with Crippen LogP contribution in [0.5, 0.6) is 0 Å². The normalized spacial score (nSPS) is 14.8. The summed E-state index contributed by atoms with van der Waals surface area (Å²) in [6, 6.07) is 10.2. The first-order chi connectivity index (χ1) is 15.7. The van der Waals surface area contributed by atoms with Crippen LogP contribution in [-0.2, 0) is 21.9 Å². The topological polar surface area (TPSA) is 49.4 Å². The number of rotatable bonds is 9. The fourth-order valence-electron chi connectivity index (χ4n) is 3.78. The molecular formula is C24H26Cl4N2O2S. The molecule has 0 aromatic heterocycles. The van der Waals surface area contributed by atoms with Crippen molar-refractivity contribution >= 4 is 70.0 Å². The molecule has 0 unspecified atom stereocenters. The zero-order chi connectivity index (χ0) is 24.0. The summed E-state index contributed by atoms with van der Waals surface area (Å²) < 4.78 is 0. The Bertz CT molecular complexity index is 998. The second kappa shape index (κ2) is 12.6. The number of nitrogens with zero attached hydrogens (tertiary/aromatic N) is 1. The van der Waals surface area contributed by atoms with Gasteiger partial charge in [0.05, 0.1) is 25.8 Å². The zero-order valence-corrected chi connectivity index (χ0v) is 22.1. The Hall–Kier alpha value is -1.11. The van der Waals surface area contributed by atoms with E-state index < -0.39 is 6.04 Å². The number of halogens is 4. The van der Waals surface area contributed by atoms with Crippen LogP contribution in [0.1, 0.15) is 43.7 Å². The molecule has 2 amide bonds. The lowest BCUT2D eigenvalue weighted by atomic mass is 10.1. The molecule has 0 spiro atoms. The fourth-order valence-corrected chi connectivity index (χ4v) is 5.28. The van der Waals surface area contributed by atoms with Gasteiger partial charge in [0.2, 0.25) is 11.8 Å². The largest absolute Gasteiger partial charge is 0.352 e. The maximum Gasteiger partial charge on any atom is 0.242 e. The smallest absolute Gasteiger partial charge is 0.242 e. The zero-order valence-electron chi connectivity index (χ0n) is 18.3. The van der Waals surface area contributed by atoms with Crippen LogP contribution in [0.2, 0.25) is 20.1 Å². The first-order valence-corrected chi connectivity index (χ1v) is 13.5. The average molecular weight is 548 g/mol. The van der Waals surface area contributed by atoms with Crippen molar-refractivity contribution in [2.75, 3.05) is 5.75 Å². The van der Waals surface area contributed by atoms with Crippen LogP contribution in [0.4, 0.5) is 0 Å². The number of benzene rings is 2. The molecular weight excluding hydrogens is 522 g/mol. The van der Waals surface area contributed by atoms with Crippen molar-refractivity contribution < 1.29 is 9.59 Å². The number of carbonyl (C=O) groups excluding carboxylic acids is 2. The molecule has 1 N–H and O–H groups in total. The molecule has 1 atom stereocenters. The Labute approximate surface area is 219 Å². The van der Waals surface area contributed by atoms with Crippen LogP contribution < -0.4 is 5.32 Å². The van der Waals surface area contributed by atoms with Crippen molar-refractivity contribution in [1.29, 1.82) is 0 Å². The maximum atomic E-state index is 13.2. The van der Waals surface area contributed by atoms with Gasteiger partial charge in [-0.25, -0.2) is 0 Å². The maximum absolute atomic E-state index is 13.2. The molecule has 1 aliphatic rings. The minimum Gasteiger partial charge on any atom is -0.352 e. The summed E-state index contributed by atoms with van der Waals surface area (Å²) in [6.45, 7) is 2.03. The summed E-state index contributed by atoms with van der Waals surface area (Å²) in [4.78, 5) is 27.8. The third-order valence-electron chi connectivity index (χ3n) is 5.68. The number of hydrogen-bond acceptors (Lipinski definition) is 3. The first kappa shape index (κ1) is 26.5. The van der Waals surface area contributed by atoms with Crippen LogP contribution in [0, 0.1) is 0 Å². The number of amides is 2. The van der Waals surface area contributed by atoms with Gasteiger partial charge in [-0.3, -0.25) is 9.59 Å². The van der Waals surface area contributed by atoms with Gasteiger partial charge in [-0.2, -0.15) is 0 Å². The highest BCUT2D eigenvalue weighted by Gasteiger charge is 2.28. The molecule has 0 heterocycles. The van der Waals surface area contributed by atoms with Crippen LogP contribution >= 0.6 is 58.2 Å². The Balaban J connectivity index is 1.68. The van der Waals surface area contributed by atoms with Crippen molar-refractivity contribution in [2.24, 2.45) is 0 Å². The average Bonchev–Trinajstić information content (AvgIpc) is 3.29. The highest BCUT2D eigenvalue weighted by molar-refractivity contribution is 7.99. The summed E-state index contributed by atoms with van der Waals surface area (Å²) in [5, 5.41) is 4.94. The van der Waals surface area contributed by atoms with Crippen LogP contribution in [0.15, 0.2) is 36.4 Å². The molecule has 0 saturated heterocycles. The van der Waals surface area contributed by atoms with Gasteiger partial charge in [0.25, 0.3) is 0 Å². The number of hydrogen-bond donors (Lipinski definition) is 1. The first-order valence-electron chi connectivity index (χ1n) is 10.8. The number of carbonyl (C=O) groups is 2. The van der Waals surface area contributed by atoms with E-state index in [2.05, 4.69) is 5.32 Å². The molecule has 0 bridgehead atoms. The Morgan fingerprint density at radius 2 is 1.55 bits per heavy atom. The Kier molecular flexibility index (Phi) is 10.1. The molecule has 1 saturated carbocycles. The molecule has 0 aliphatic heterocycles. The predicted molar refractivity (Wildman–Crippen MR) is 139 cm³/mol. The molecule has 2 aromatic carbocycles. The molecule has 1 aliphatic carbocycles. The molecule has 9 heteroatoms. The fraction of sp³-hybridized carbons (Fsp3) is 0.417. The van der Waals surface area contributed by atoms with Crippen molar-refractivity contribution in [1.82, 2.24) is 10.2 Å². The highest BCUT2D eigenvalue weighted by atomic mass is 35.5. The van der Waals surface area contributed by atoms with E-state index in [1.165, 1.54) is 11.8 Å². The third kappa shape index (κ3) is 7.69. The number of thioether (sulfide) groups is 1. The second-order valence-corrected chi connectivity index (χ2v) is 10.8. The van der Waals surface area contributed by atoms with E-state index in [1.807, 2.05) is 12.1 Å². The summed E-state index contributed by atoms with van der Waals surface area (Å²) in [7, 11) is 0. The van der Waals surface area contributed by atoms with Gasteiger partial charge >= 0.3 is 0 Å². The summed E-state index contributed by atoms with van der Waals surface area (Å²) >= 11 is 25.7. The third-order valence-corrected chi connectivity index (χ3v) is 8.15. The molecule has 1 fully saturated rings. The Morgan fingerprint density at radius 3 is 2.15 bits per heavy atom.